The van der Waals surface area contributed by atoms with E-state index in [1.165, 1.54) is 17.3 Å². The number of anilines is 1. The first kappa shape index (κ1) is 20.7. The number of carbonyl (C=O) groups excluding carboxylic acids is 1. The van der Waals surface area contributed by atoms with Gasteiger partial charge >= 0.3 is 6.01 Å². The molecule has 8 nitrogen and oxygen atoms in total. The maximum atomic E-state index is 13.1. The molecule has 0 spiro atoms. The highest BCUT2D eigenvalue weighted by atomic mass is 79.9. The first-order valence-electron chi connectivity index (χ1n) is 8.78. The van der Waals surface area contributed by atoms with Crippen LogP contribution < -0.4 is 10.1 Å². The van der Waals surface area contributed by atoms with Crippen molar-refractivity contribution in [2.45, 2.75) is 37.7 Å². The van der Waals surface area contributed by atoms with Gasteiger partial charge in [-0.1, -0.05) is 0 Å². The predicted molar refractivity (Wildman–Crippen MR) is 108 cm³/mol. The van der Waals surface area contributed by atoms with E-state index in [4.69, 9.17) is 4.74 Å². The molecular formula is C18H21BrN4O4S. The highest BCUT2D eigenvalue weighted by molar-refractivity contribution is 9.10. The second-order valence-corrected chi connectivity index (χ2v) is 9.41. The van der Waals surface area contributed by atoms with E-state index in [9.17, 15) is 13.2 Å². The zero-order chi connectivity index (χ0) is 20.3. The zero-order valence-electron chi connectivity index (χ0n) is 15.6. The van der Waals surface area contributed by atoms with Crippen LogP contribution in [0.3, 0.4) is 0 Å². The van der Waals surface area contributed by atoms with E-state index >= 15 is 0 Å². The average Bonchev–Trinajstić information content (AvgIpc) is 2.63. The lowest BCUT2D eigenvalue weighted by molar-refractivity contribution is -0.114. The predicted octanol–water partition coefficient (Wildman–Crippen LogP) is 2.74. The summed E-state index contributed by atoms with van der Waals surface area (Å²) in [6, 6.07) is 5.00. The van der Waals surface area contributed by atoms with Crippen molar-refractivity contribution in [3.63, 3.8) is 0 Å². The van der Waals surface area contributed by atoms with Crippen LogP contribution in [0.15, 0.2) is 40.0 Å². The van der Waals surface area contributed by atoms with Gasteiger partial charge in [-0.25, -0.2) is 18.4 Å². The largest absolute Gasteiger partial charge is 0.459 e. The maximum Gasteiger partial charge on any atom is 0.316 e. The number of aromatic nitrogens is 2. The van der Waals surface area contributed by atoms with Gasteiger partial charge in [0.05, 0.1) is 15.9 Å². The minimum atomic E-state index is -3.68. The molecule has 0 saturated carbocycles. The number of benzene rings is 1. The number of carbonyl (C=O) groups is 1. The summed E-state index contributed by atoms with van der Waals surface area (Å²) >= 11 is 3.27. The fraction of sp³-hybridized carbons (Fsp3) is 0.389. The van der Waals surface area contributed by atoms with Gasteiger partial charge in [-0.3, -0.25) is 4.79 Å². The van der Waals surface area contributed by atoms with Crippen LogP contribution in [0, 0.1) is 6.92 Å². The number of hydrogen-bond donors (Lipinski definition) is 1. The molecule has 10 heteroatoms. The summed E-state index contributed by atoms with van der Waals surface area (Å²) in [5, 5.41) is 2.66. The molecule has 1 aliphatic rings. The van der Waals surface area contributed by atoms with E-state index in [2.05, 4.69) is 31.2 Å². The lowest BCUT2D eigenvalue weighted by Gasteiger charge is -2.31. The SMILES string of the molecule is CC(=O)Nc1ccc(S(=O)(=O)N2CCCC(Oc3ncc(Br)cn3)C2)c(C)c1. The Morgan fingerprint density at radius 3 is 2.68 bits per heavy atom. The van der Waals surface area contributed by atoms with Crippen LogP contribution in [0.25, 0.3) is 0 Å². The lowest BCUT2D eigenvalue weighted by atomic mass is 10.1. The molecule has 28 heavy (non-hydrogen) atoms. The van der Waals surface area contributed by atoms with Crippen LogP contribution in [-0.4, -0.2) is 47.8 Å². The molecule has 1 aromatic heterocycles. The number of piperidine rings is 1. The Balaban J connectivity index is 1.75. The van der Waals surface area contributed by atoms with E-state index in [1.54, 1.807) is 31.5 Å². The van der Waals surface area contributed by atoms with Crippen molar-refractivity contribution < 1.29 is 17.9 Å². The van der Waals surface area contributed by atoms with Crippen molar-refractivity contribution in [1.29, 1.82) is 0 Å². The number of nitrogens with zero attached hydrogens (tertiary/aromatic N) is 3. The molecule has 0 radical (unpaired) electrons. The fourth-order valence-electron chi connectivity index (χ4n) is 3.09. The number of amides is 1. The number of ether oxygens (including phenoxy) is 1. The molecular weight excluding hydrogens is 448 g/mol. The Kier molecular flexibility index (Phi) is 6.31. The first-order valence-corrected chi connectivity index (χ1v) is 11.0. The summed E-state index contributed by atoms with van der Waals surface area (Å²) in [5.41, 5.74) is 1.14. The van der Waals surface area contributed by atoms with Crippen molar-refractivity contribution in [3.8, 4) is 6.01 Å². The molecule has 0 aliphatic carbocycles. The molecule has 1 fully saturated rings. The summed E-state index contributed by atoms with van der Waals surface area (Å²) in [6.07, 6.45) is 4.26. The van der Waals surface area contributed by atoms with E-state index < -0.39 is 10.0 Å². The van der Waals surface area contributed by atoms with Crippen LogP contribution in [0.1, 0.15) is 25.3 Å². The molecule has 1 amide bonds. The highest BCUT2D eigenvalue weighted by Crippen LogP contribution is 2.26. The van der Waals surface area contributed by atoms with Gasteiger partial charge < -0.3 is 10.1 Å². The van der Waals surface area contributed by atoms with Gasteiger partial charge in [0, 0.05) is 31.5 Å². The summed E-state index contributed by atoms with van der Waals surface area (Å²) in [6.45, 7) is 3.78. The van der Waals surface area contributed by atoms with Crippen LogP contribution in [-0.2, 0) is 14.8 Å². The van der Waals surface area contributed by atoms with Crippen molar-refractivity contribution in [1.82, 2.24) is 14.3 Å². The molecule has 2 heterocycles. The third-order valence-corrected chi connectivity index (χ3v) is 6.76. The van der Waals surface area contributed by atoms with E-state index in [0.29, 0.717) is 24.2 Å². The van der Waals surface area contributed by atoms with E-state index in [-0.39, 0.29) is 29.5 Å². The molecule has 3 rings (SSSR count). The molecule has 1 unspecified atom stereocenters. The minimum Gasteiger partial charge on any atom is -0.459 e. The molecule has 1 aromatic carbocycles. The van der Waals surface area contributed by atoms with Crippen molar-refractivity contribution in [2.24, 2.45) is 0 Å². The summed E-state index contributed by atoms with van der Waals surface area (Å²) in [5.74, 6) is -0.207. The molecule has 150 valence electrons. The van der Waals surface area contributed by atoms with Crippen molar-refractivity contribution in [2.75, 3.05) is 18.4 Å². The normalized spacial score (nSPS) is 17.9. The van der Waals surface area contributed by atoms with Gasteiger partial charge in [0.25, 0.3) is 0 Å². The van der Waals surface area contributed by atoms with Crippen LogP contribution in [0.4, 0.5) is 5.69 Å². The number of sulfonamides is 1. The number of nitrogens with one attached hydrogen (secondary N) is 1. The Hall–Kier alpha value is -2.04. The third-order valence-electron chi connectivity index (χ3n) is 4.32. The number of aryl methyl sites for hydroxylation is 1. The zero-order valence-corrected chi connectivity index (χ0v) is 18.0. The lowest BCUT2D eigenvalue weighted by Crippen LogP contribution is -2.44. The van der Waals surface area contributed by atoms with Gasteiger partial charge in [0.15, 0.2) is 0 Å². The number of hydrogen-bond acceptors (Lipinski definition) is 6. The fourth-order valence-corrected chi connectivity index (χ4v) is 5.01. The first-order chi connectivity index (χ1) is 13.3. The van der Waals surface area contributed by atoms with Crippen LogP contribution >= 0.6 is 15.9 Å². The molecule has 1 N–H and O–H groups in total. The topological polar surface area (TPSA) is 101 Å². The summed E-state index contributed by atoms with van der Waals surface area (Å²) in [4.78, 5) is 19.6. The van der Waals surface area contributed by atoms with E-state index in [1.807, 2.05) is 0 Å². The average molecular weight is 469 g/mol. The molecule has 2 aromatic rings. The van der Waals surface area contributed by atoms with Crippen molar-refractivity contribution >= 4 is 37.5 Å². The molecule has 1 aliphatic heterocycles. The Morgan fingerprint density at radius 2 is 2.04 bits per heavy atom. The molecule has 1 saturated heterocycles. The Labute approximate surface area is 172 Å². The summed E-state index contributed by atoms with van der Waals surface area (Å²) in [7, 11) is -3.68. The smallest absolute Gasteiger partial charge is 0.316 e. The molecule has 1 atom stereocenters. The quantitative estimate of drug-likeness (QED) is 0.723. The second kappa shape index (κ2) is 8.54. The summed E-state index contributed by atoms with van der Waals surface area (Å²) < 4.78 is 34.2. The van der Waals surface area contributed by atoms with Crippen LogP contribution in [0.2, 0.25) is 0 Å². The standard InChI is InChI=1S/C18H21BrN4O4S/c1-12-8-15(22-13(2)24)5-6-17(12)28(25,26)23-7-3-4-16(11-23)27-18-20-9-14(19)10-21-18/h5-6,8-10,16H,3-4,7,11H2,1-2H3,(H,22,24). The second-order valence-electron chi connectivity index (χ2n) is 6.59. The van der Waals surface area contributed by atoms with Gasteiger partial charge in [0.2, 0.25) is 15.9 Å². The van der Waals surface area contributed by atoms with Crippen molar-refractivity contribution in [3.05, 3.63) is 40.6 Å². The highest BCUT2D eigenvalue weighted by Gasteiger charge is 2.32. The van der Waals surface area contributed by atoms with Gasteiger partial charge in [0.1, 0.15) is 6.10 Å². The molecule has 0 bridgehead atoms. The van der Waals surface area contributed by atoms with Gasteiger partial charge in [-0.05, 0) is 59.5 Å². The Bertz CT molecular complexity index is 966. The van der Waals surface area contributed by atoms with E-state index in [0.717, 1.165) is 10.9 Å². The minimum absolute atomic E-state index is 0.207. The van der Waals surface area contributed by atoms with Gasteiger partial charge in [-0.15, -0.1) is 0 Å². The Morgan fingerprint density at radius 1 is 1.32 bits per heavy atom. The van der Waals surface area contributed by atoms with Crippen LogP contribution in [0.5, 0.6) is 6.01 Å². The maximum absolute atomic E-state index is 13.1. The monoisotopic (exact) mass is 468 g/mol. The third kappa shape index (κ3) is 4.86. The number of halogens is 1. The number of rotatable bonds is 5. The van der Waals surface area contributed by atoms with Gasteiger partial charge in [-0.2, -0.15) is 4.31 Å².